The van der Waals surface area contributed by atoms with Crippen molar-refractivity contribution in [3.05, 3.63) is 53.9 Å². The lowest BCUT2D eigenvalue weighted by Gasteiger charge is -2.23. The zero-order valence-electron chi connectivity index (χ0n) is 18.1. The lowest BCUT2D eigenvalue weighted by Crippen LogP contribution is -2.26. The molecule has 6 nitrogen and oxygen atoms in total. The zero-order valence-corrected chi connectivity index (χ0v) is 18.1. The highest BCUT2D eigenvalue weighted by molar-refractivity contribution is 6.07. The first-order chi connectivity index (χ1) is 14.4. The molecule has 0 saturated carbocycles. The average Bonchev–Trinajstić information content (AvgIpc) is 3.01. The highest BCUT2D eigenvalue weighted by atomic mass is 16.5. The van der Waals surface area contributed by atoms with E-state index in [4.69, 9.17) is 21.3 Å². The van der Waals surface area contributed by atoms with Crippen molar-refractivity contribution >= 4 is 33.2 Å². The predicted molar refractivity (Wildman–Crippen MR) is 124 cm³/mol. The molecule has 4 rings (SSSR count). The number of ether oxygens (including phenoxy) is 1. The van der Waals surface area contributed by atoms with E-state index in [2.05, 4.69) is 35.4 Å². The number of allylic oxidation sites excluding steroid dienone is 2. The van der Waals surface area contributed by atoms with Gasteiger partial charge in [-0.05, 0) is 50.3 Å². The van der Waals surface area contributed by atoms with E-state index < -0.39 is 0 Å². The maximum absolute atomic E-state index is 6.13. The van der Waals surface area contributed by atoms with Crippen molar-refractivity contribution in [2.24, 2.45) is 17.5 Å². The summed E-state index contributed by atoms with van der Waals surface area (Å²) in [4.78, 5) is 4.84. The average molecular weight is 406 g/mol. The number of pyridine rings is 1. The van der Waals surface area contributed by atoms with Gasteiger partial charge in [0.15, 0.2) is 0 Å². The molecule has 1 aromatic carbocycles. The molecule has 2 aromatic heterocycles. The second-order valence-electron chi connectivity index (χ2n) is 8.41. The van der Waals surface area contributed by atoms with Crippen LogP contribution in [0.4, 0.5) is 0 Å². The molecule has 30 heavy (non-hydrogen) atoms. The molecule has 0 bridgehead atoms. The van der Waals surface area contributed by atoms with Gasteiger partial charge in [0.2, 0.25) is 0 Å². The van der Waals surface area contributed by atoms with E-state index in [1.165, 1.54) is 5.52 Å². The number of hydrogen-bond acceptors (Lipinski definition) is 5. The summed E-state index contributed by atoms with van der Waals surface area (Å²) in [6.07, 6.45) is 4.02. The molecule has 3 aromatic rings. The molecule has 1 fully saturated rings. The SMILES string of the molecule is C=C(C)c1ccc2c3ncc(/C(=C(\C)N)N(C)N)cc3n(CC3CCOCC3)c2c1. The molecule has 6 heteroatoms. The molecule has 1 saturated heterocycles. The lowest BCUT2D eigenvalue weighted by atomic mass is 10.00. The van der Waals surface area contributed by atoms with Gasteiger partial charge < -0.3 is 20.0 Å². The van der Waals surface area contributed by atoms with Crippen LogP contribution in [0.5, 0.6) is 0 Å². The van der Waals surface area contributed by atoms with Crippen LogP contribution >= 0.6 is 0 Å². The van der Waals surface area contributed by atoms with Gasteiger partial charge in [0.05, 0.1) is 22.2 Å². The Bertz CT molecular complexity index is 1130. The van der Waals surface area contributed by atoms with Crippen molar-refractivity contribution in [3.63, 3.8) is 0 Å². The van der Waals surface area contributed by atoms with E-state index in [0.29, 0.717) is 11.6 Å². The van der Waals surface area contributed by atoms with Crippen molar-refractivity contribution in [3.8, 4) is 0 Å². The molecule has 4 N–H and O–H groups in total. The fourth-order valence-electron chi connectivity index (χ4n) is 4.44. The van der Waals surface area contributed by atoms with Crippen LogP contribution in [0.1, 0.15) is 37.8 Å². The fourth-order valence-corrected chi connectivity index (χ4v) is 4.44. The summed E-state index contributed by atoms with van der Waals surface area (Å²) in [6.45, 7) is 10.6. The number of hydrogen-bond donors (Lipinski definition) is 2. The monoisotopic (exact) mass is 405 g/mol. The number of benzene rings is 1. The highest BCUT2D eigenvalue weighted by Gasteiger charge is 2.20. The first-order valence-corrected chi connectivity index (χ1v) is 10.5. The summed E-state index contributed by atoms with van der Waals surface area (Å²) in [6, 6.07) is 8.69. The summed E-state index contributed by atoms with van der Waals surface area (Å²) in [7, 11) is 1.80. The molecule has 3 heterocycles. The molecular formula is C24H31N5O. The van der Waals surface area contributed by atoms with Gasteiger partial charge in [-0.3, -0.25) is 4.98 Å². The second-order valence-corrected chi connectivity index (χ2v) is 8.41. The third-order valence-corrected chi connectivity index (χ3v) is 5.98. The number of fused-ring (bicyclic) bond motifs is 3. The summed E-state index contributed by atoms with van der Waals surface area (Å²) in [5, 5.41) is 2.72. The van der Waals surface area contributed by atoms with E-state index in [1.807, 2.05) is 20.0 Å². The van der Waals surface area contributed by atoms with Crippen molar-refractivity contribution in [2.75, 3.05) is 20.3 Å². The van der Waals surface area contributed by atoms with E-state index in [0.717, 1.165) is 71.4 Å². The first kappa shape index (κ1) is 20.4. The topological polar surface area (TPSA) is 82.3 Å². The van der Waals surface area contributed by atoms with Crippen LogP contribution in [0, 0.1) is 5.92 Å². The van der Waals surface area contributed by atoms with Crippen LogP contribution in [0.3, 0.4) is 0 Å². The molecule has 0 unspecified atom stereocenters. The Kier molecular flexibility index (Phi) is 5.54. The van der Waals surface area contributed by atoms with Gasteiger partial charge in [0, 0.05) is 49.6 Å². The van der Waals surface area contributed by atoms with Gasteiger partial charge in [0.25, 0.3) is 0 Å². The van der Waals surface area contributed by atoms with Crippen LogP contribution in [0.2, 0.25) is 0 Å². The Morgan fingerprint density at radius 1 is 1.20 bits per heavy atom. The highest BCUT2D eigenvalue weighted by Crippen LogP contribution is 2.33. The largest absolute Gasteiger partial charge is 0.401 e. The van der Waals surface area contributed by atoms with Crippen molar-refractivity contribution < 1.29 is 4.74 Å². The molecule has 0 atom stereocenters. The summed E-state index contributed by atoms with van der Waals surface area (Å²) in [5.74, 6) is 6.65. The first-order valence-electron chi connectivity index (χ1n) is 10.5. The van der Waals surface area contributed by atoms with E-state index in [-0.39, 0.29) is 0 Å². The molecule has 0 aliphatic carbocycles. The summed E-state index contributed by atoms with van der Waals surface area (Å²) >= 11 is 0. The number of aromatic nitrogens is 2. The smallest absolute Gasteiger partial charge is 0.0960 e. The zero-order chi connectivity index (χ0) is 21.4. The molecule has 0 spiro atoms. The van der Waals surface area contributed by atoms with Crippen LogP contribution in [0.25, 0.3) is 33.2 Å². The Labute approximate surface area is 177 Å². The Morgan fingerprint density at radius 3 is 2.53 bits per heavy atom. The quantitative estimate of drug-likeness (QED) is 0.493. The standard InChI is InChI=1S/C24H31N5O/c1-15(2)18-5-6-20-21(11-18)29(14-17-7-9-30-10-8-17)22-12-19(13-27-23(20)22)24(16(3)25)28(4)26/h5-6,11-13,17H,1,7-10,14,25-26H2,2-4H3/b24-16-. The lowest BCUT2D eigenvalue weighted by molar-refractivity contribution is 0.0620. The van der Waals surface area contributed by atoms with Gasteiger partial charge in [-0.25, -0.2) is 5.84 Å². The van der Waals surface area contributed by atoms with Crippen LogP contribution in [-0.4, -0.2) is 34.8 Å². The van der Waals surface area contributed by atoms with Gasteiger partial charge in [-0.15, -0.1) is 0 Å². The van der Waals surface area contributed by atoms with Crippen LogP contribution < -0.4 is 11.6 Å². The Morgan fingerprint density at radius 2 is 1.90 bits per heavy atom. The molecule has 1 aliphatic heterocycles. The molecular weight excluding hydrogens is 374 g/mol. The van der Waals surface area contributed by atoms with Gasteiger partial charge in [0.1, 0.15) is 0 Å². The molecule has 1 aliphatic rings. The van der Waals surface area contributed by atoms with Gasteiger partial charge in [-0.1, -0.05) is 24.3 Å². The molecule has 0 amide bonds. The molecule has 0 radical (unpaired) electrons. The van der Waals surface area contributed by atoms with Crippen molar-refractivity contribution in [1.29, 1.82) is 0 Å². The minimum absolute atomic E-state index is 0.582. The number of nitrogens with zero attached hydrogens (tertiary/aromatic N) is 3. The third-order valence-electron chi connectivity index (χ3n) is 5.98. The van der Waals surface area contributed by atoms with Gasteiger partial charge >= 0.3 is 0 Å². The fraction of sp³-hybridized carbons (Fsp3) is 0.375. The second kappa shape index (κ2) is 8.13. The number of hydrazine groups is 1. The van der Waals surface area contributed by atoms with Crippen LogP contribution in [-0.2, 0) is 11.3 Å². The third kappa shape index (κ3) is 3.68. The maximum atomic E-state index is 6.13. The van der Waals surface area contributed by atoms with Gasteiger partial charge in [-0.2, -0.15) is 0 Å². The van der Waals surface area contributed by atoms with E-state index in [1.54, 1.807) is 12.1 Å². The molecule has 158 valence electrons. The Hall–Kier alpha value is -2.83. The van der Waals surface area contributed by atoms with E-state index >= 15 is 0 Å². The minimum Gasteiger partial charge on any atom is -0.401 e. The number of rotatable bonds is 5. The van der Waals surface area contributed by atoms with E-state index in [9.17, 15) is 0 Å². The van der Waals surface area contributed by atoms with Crippen molar-refractivity contribution in [2.45, 2.75) is 33.2 Å². The predicted octanol–water partition coefficient (Wildman–Crippen LogP) is 4.10. The minimum atomic E-state index is 0.582. The Balaban J connectivity index is 1.95. The summed E-state index contributed by atoms with van der Waals surface area (Å²) < 4.78 is 7.98. The maximum Gasteiger partial charge on any atom is 0.0960 e. The normalized spacial score (nSPS) is 16.1. The van der Waals surface area contributed by atoms with Crippen LogP contribution in [0.15, 0.2) is 42.7 Å². The summed E-state index contributed by atoms with van der Waals surface area (Å²) in [5.41, 5.74) is 14.0. The van der Waals surface area contributed by atoms with Crippen molar-refractivity contribution in [1.82, 2.24) is 14.6 Å². The number of nitrogens with two attached hydrogens (primary N) is 2.